The van der Waals surface area contributed by atoms with Crippen molar-refractivity contribution in [1.29, 1.82) is 0 Å². The maximum atomic E-state index is 6.33. The van der Waals surface area contributed by atoms with Gasteiger partial charge in [0.15, 0.2) is 5.16 Å². The van der Waals surface area contributed by atoms with E-state index in [0.717, 1.165) is 59.7 Å². The van der Waals surface area contributed by atoms with Crippen molar-refractivity contribution in [1.82, 2.24) is 24.6 Å². The third-order valence-corrected chi connectivity index (χ3v) is 6.48. The van der Waals surface area contributed by atoms with E-state index in [2.05, 4.69) is 47.8 Å². The van der Waals surface area contributed by atoms with Crippen molar-refractivity contribution in [3.8, 4) is 11.1 Å². The number of allylic oxidation sites excluding steroid dienone is 1. The molecule has 0 N–H and O–H groups in total. The molecule has 4 heterocycles. The number of hydrogen-bond donors (Lipinski definition) is 0. The van der Waals surface area contributed by atoms with Crippen LogP contribution in [-0.2, 0) is 6.54 Å². The summed E-state index contributed by atoms with van der Waals surface area (Å²) in [6, 6.07) is 8.24. The Bertz CT molecular complexity index is 1100. The molecule has 0 atom stereocenters. The van der Waals surface area contributed by atoms with E-state index in [1.165, 1.54) is 17.1 Å². The number of halogens is 1. The normalized spacial score (nSPS) is 16.0. The highest BCUT2D eigenvalue weighted by atomic mass is 35.5. The van der Waals surface area contributed by atoms with Gasteiger partial charge in [-0.15, -0.1) is 0 Å². The third-order valence-electron chi connectivity index (χ3n) is 5.67. The van der Waals surface area contributed by atoms with Crippen molar-refractivity contribution in [2.45, 2.75) is 18.6 Å². The highest BCUT2D eigenvalue weighted by molar-refractivity contribution is 7.98. The molecule has 0 spiro atoms. The van der Waals surface area contributed by atoms with Crippen LogP contribution < -0.4 is 4.90 Å². The number of aryl methyl sites for hydroxylation is 1. The third kappa shape index (κ3) is 3.68. The molecule has 154 valence electrons. The Hall–Kier alpha value is -2.51. The Morgan fingerprint density at radius 3 is 2.43 bits per heavy atom. The zero-order valence-electron chi connectivity index (χ0n) is 17.0. The fourth-order valence-electron chi connectivity index (χ4n) is 4.18. The first-order valence-corrected chi connectivity index (χ1v) is 11.6. The minimum Gasteiger partial charge on any atom is -0.370 e. The standard InChI is InChI=1S/C22H23ClN6S/c1-15-9-18-11-19(14-29(18)26-15)27-5-7-28(8-6-27)21-4-3-17(23)10-20(21)16-12-24-22(30-2)25-13-16/h3-4,9-13H,5-8,14H2,1-2H3. The monoisotopic (exact) mass is 438 g/mol. The number of piperazine rings is 1. The molecule has 2 aliphatic rings. The zero-order valence-corrected chi connectivity index (χ0v) is 18.6. The summed E-state index contributed by atoms with van der Waals surface area (Å²) in [6.07, 6.45) is 8.02. The molecule has 1 fully saturated rings. The lowest BCUT2D eigenvalue weighted by Crippen LogP contribution is -2.46. The predicted octanol–water partition coefficient (Wildman–Crippen LogP) is 4.20. The zero-order chi connectivity index (χ0) is 20.7. The van der Waals surface area contributed by atoms with E-state index < -0.39 is 0 Å². The van der Waals surface area contributed by atoms with E-state index in [4.69, 9.17) is 11.6 Å². The van der Waals surface area contributed by atoms with Gasteiger partial charge in [0.05, 0.1) is 17.9 Å². The number of nitrogens with zero attached hydrogens (tertiary/aromatic N) is 6. The fourth-order valence-corrected chi connectivity index (χ4v) is 4.67. The molecule has 0 saturated carbocycles. The van der Waals surface area contributed by atoms with Crippen LogP contribution in [0.5, 0.6) is 0 Å². The fraction of sp³-hybridized carbons (Fsp3) is 0.318. The summed E-state index contributed by atoms with van der Waals surface area (Å²) < 4.78 is 2.09. The van der Waals surface area contributed by atoms with Crippen molar-refractivity contribution in [2.24, 2.45) is 0 Å². The van der Waals surface area contributed by atoms with Gasteiger partial charge in [-0.25, -0.2) is 9.97 Å². The van der Waals surface area contributed by atoms with Crippen LogP contribution in [0.15, 0.2) is 47.5 Å². The molecule has 5 rings (SSSR count). The van der Waals surface area contributed by atoms with Crippen LogP contribution in [0.2, 0.25) is 5.02 Å². The van der Waals surface area contributed by atoms with Gasteiger partial charge in [-0.3, -0.25) is 4.68 Å². The molecule has 6 nitrogen and oxygen atoms in total. The van der Waals surface area contributed by atoms with Crippen LogP contribution in [-0.4, -0.2) is 57.1 Å². The Morgan fingerprint density at radius 1 is 1.00 bits per heavy atom. The van der Waals surface area contributed by atoms with E-state index in [1.807, 2.05) is 37.7 Å². The largest absolute Gasteiger partial charge is 0.370 e. The topological polar surface area (TPSA) is 50.1 Å². The van der Waals surface area contributed by atoms with Gasteiger partial charge in [-0.05, 0) is 43.5 Å². The molecular weight excluding hydrogens is 416 g/mol. The average molecular weight is 439 g/mol. The minimum atomic E-state index is 0.724. The summed E-state index contributed by atoms with van der Waals surface area (Å²) in [7, 11) is 0. The van der Waals surface area contributed by atoms with Gasteiger partial charge in [0.2, 0.25) is 0 Å². The maximum Gasteiger partial charge on any atom is 0.187 e. The Morgan fingerprint density at radius 2 is 1.73 bits per heavy atom. The summed E-state index contributed by atoms with van der Waals surface area (Å²) >= 11 is 7.87. The first-order valence-electron chi connectivity index (χ1n) is 10.0. The van der Waals surface area contributed by atoms with E-state index in [0.29, 0.717) is 0 Å². The smallest absolute Gasteiger partial charge is 0.187 e. The summed E-state index contributed by atoms with van der Waals surface area (Å²) in [5, 5.41) is 6.06. The molecule has 0 unspecified atom stereocenters. The van der Waals surface area contributed by atoms with Crippen molar-refractivity contribution in [2.75, 3.05) is 37.3 Å². The number of rotatable bonds is 4. The van der Waals surface area contributed by atoms with Crippen molar-refractivity contribution >= 4 is 35.1 Å². The van der Waals surface area contributed by atoms with E-state index in [-0.39, 0.29) is 0 Å². The Kier molecular flexibility index (Phi) is 5.16. The van der Waals surface area contributed by atoms with Gasteiger partial charge in [-0.2, -0.15) is 5.10 Å². The lowest BCUT2D eigenvalue weighted by Gasteiger charge is -2.38. The molecule has 1 aromatic carbocycles. The van der Waals surface area contributed by atoms with Crippen LogP contribution in [0.4, 0.5) is 5.69 Å². The van der Waals surface area contributed by atoms with Crippen LogP contribution in [0, 0.1) is 6.92 Å². The number of benzene rings is 1. The molecule has 30 heavy (non-hydrogen) atoms. The van der Waals surface area contributed by atoms with Gasteiger partial charge in [0, 0.05) is 66.1 Å². The molecular formula is C22H23ClN6S. The van der Waals surface area contributed by atoms with E-state index >= 15 is 0 Å². The van der Waals surface area contributed by atoms with Gasteiger partial charge in [0.25, 0.3) is 0 Å². The summed E-state index contributed by atoms with van der Waals surface area (Å²) in [5.74, 6) is 0. The van der Waals surface area contributed by atoms with E-state index in [9.17, 15) is 0 Å². The lowest BCUT2D eigenvalue weighted by molar-refractivity contribution is 0.309. The molecule has 0 bridgehead atoms. The Labute approximate surface area is 185 Å². The average Bonchev–Trinajstić information content (AvgIpc) is 3.31. The van der Waals surface area contributed by atoms with Gasteiger partial charge in [0.1, 0.15) is 0 Å². The predicted molar refractivity (Wildman–Crippen MR) is 123 cm³/mol. The SMILES string of the molecule is CSc1ncc(-c2cc(Cl)ccc2N2CCN(C3=Cc4cc(C)nn4C3)CC2)cn1. The van der Waals surface area contributed by atoms with E-state index in [1.54, 1.807) is 11.8 Å². The van der Waals surface area contributed by atoms with Crippen LogP contribution in [0.1, 0.15) is 11.4 Å². The second-order valence-electron chi connectivity index (χ2n) is 7.60. The number of aromatic nitrogens is 4. The van der Waals surface area contributed by atoms with Crippen LogP contribution in [0.25, 0.3) is 17.2 Å². The number of fused-ring (bicyclic) bond motifs is 1. The van der Waals surface area contributed by atoms with Crippen molar-refractivity contribution in [3.63, 3.8) is 0 Å². The molecule has 1 saturated heterocycles. The lowest BCUT2D eigenvalue weighted by atomic mass is 10.1. The van der Waals surface area contributed by atoms with Crippen LogP contribution in [0.3, 0.4) is 0 Å². The number of hydrogen-bond acceptors (Lipinski definition) is 6. The van der Waals surface area contributed by atoms with Crippen LogP contribution >= 0.6 is 23.4 Å². The number of anilines is 1. The molecule has 3 aromatic rings. The molecule has 0 radical (unpaired) electrons. The number of thioether (sulfide) groups is 1. The highest BCUT2D eigenvalue weighted by Gasteiger charge is 2.24. The van der Waals surface area contributed by atoms with Crippen molar-refractivity contribution in [3.05, 3.63) is 58.8 Å². The quantitative estimate of drug-likeness (QED) is 0.449. The molecule has 0 aliphatic carbocycles. The molecule has 2 aliphatic heterocycles. The maximum absolute atomic E-state index is 6.33. The second-order valence-corrected chi connectivity index (χ2v) is 8.81. The first kappa shape index (κ1) is 19.5. The summed E-state index contributed by atoms with van der Waals surface area (Å²) in [5.41, 5.74) is 6.90. The molecule has 8 heteroatoms. The minimum absolute atomic E-state index is 0.724. The summed E-state index contributed by atoms with van der Waals surface area (Å²) in [4.78, 5) is 13.8. The summed E-state index contributed by atoms with van der Waals surface area (Å²) in [6.45, 7) is 6.79. The highest BCUT2D eigenvalue weighted by Crippen LogP contribution is 2.34. The molecule has 2 aromatic heterocycles. The van der Waals surface area contributed by atoms with Gasteiger partial charge >= 0.3 is 0 Å². The first-order chi connectivity index (χ1) is 14.6. The Balaban J connectivity index is 1.34. The van der Waals surface area contributed by atoms with Gasteiger partial charge < -0.3 is 9.80 Å². The van der Waals surface area contributed by atoms with Gasteiger partial charge in [-0.1, -0.05) is 23.4 Å². The second kappa shape index (κ2) is 7.96. The van der Waals surface area contributed by atoms with Crippen molar-refractivity contribution < 1.29 is 0 Å². The molecule has 0 amide bonds.